The Labute approximate surface area is 122 Å². The molecule has 0 aliphatic carbocycles. The van der Waals surface area contributed by atoms with E-state index in [-0.39, 0.29) is 0 Å². The van der Waals surface area contributed by atoms with Gasteiger partial charge in [0.2, 0.25) is 0 Å². The Hall–Kier alpha value is -1.94. The third-order valence-corrected chi connectivity index (χ3v) is 3.28. The van der Waals surface area contributed by atoms with Gasteiger partial charge in [0.1, 0.15) is 0 Å². The summed E-state index contributed by atoms with van der Waals surface area (Å²) in [7, 11) is 3.34. The molecule has 0 bridgehead atoms. The molecule has 0 fully saturated rings. The maximum atomic E-state index is 12.0. The number of carbonyl (C=O) groups excluding carboxylic acids is 1. The summed E-state index contributed by atoms with van der Waals surface area (Å²) in [5.74, 6) is 0.1000. The summed E-state index contributed by atoms with van der Waals surface area (Å²) in [4.78, 5) is 12.0. The molecule has 0 saturated carbocycles. The maximum absolute atomic E-state index is 12.0. The first-order chi connectivity index (χ1) is 9.58. The molecule has 0 aliphatic heterocycles. The van der Waals surface area contributed by atoms with E-state index in [0.29, 0.717) is 23.1 Å². The predicted molar refractivity (Wildman–Crippen MR) is 78.4 cm³/mol. The Balaban J connectivity index is 2.50. The van der Waals surface area contributed by atoms with Gasteiger partial charge in [-0.2, -0.15) is 0 Å². The average molecular weight is 294 g/mol. The quantitative estimate of drug-likeness (QED) is 0.810. The van der Waals surface area contributed by atoms with Crippen molar-refractivity contribution in [3.8, 4) is 17.0 Å². The lowest BCUT2D eigenvalue weighted by molar-refractivity contribution is 0.0511. The molecule has 4 nitrogen and oxygen atoms in total. The van der Waals surface area contributed by atoms with Crippen LogP contribution in [0.25, 0.3) is 11.3 Å². The second-order valence-corrected chi connectivity index (χ2v) is 4.67. The normalized spacial score (nSPS) is 10.4. The third-order valence-electron chi connectivity index (χ3n) is 3.03. The highest BCUT2D eigenvalue weighted by Gasteiger charge is 2.21. The number of ether oxygens (including phenoxy) is 2. The van der Waals surface area contributed by atoms with Crippen molar-refractivity contribution < 1.29 is 14.3 Å². The molecule has 0 aliphatic rings. The molecular formula is C15H16ClNO3. The molecule has 0 saturated heterocycles. The Morgan fingerprint density at radius 2 is 1.95 bits per heavy atom. The summed E-state index contributed by atoms with van der Waals surface area (Å²) < 4.78 is 12.1. The number of halogens is 1. The fourth-order valence-corrected chi connectivity index (χ4v) is 2.19. The number of aromatic nitrogens is 1. The summed E-state index contributed by atoms with van der Waals surface area (Å²) in [6.07, 6.45) is 0. The van der Waals surface area contributed by atoms with Crippen molar-refractivity contribution in [2.45, 2.75) is 6.92 Å². The standard InChI is InChI=1S/C15H16ClNO3/c1-4-20-15(18)14-13(19-3)9-12(17(14)2)10-5-7-11(16)8-6-10/h5-9H,4H2,1-3H3. The smallest absolute Gasteiger partial charge is 0.358 e. The van der Waals surface area contributed by atoms with Crippen LogP contribution in [0.5, 0.6) is 5.75 Å². The van der Waals surface area contributed by atoms with Gasteiger partial charge in [-0.15, -0.1) is 0 Å². The van der Waals surface area contributed by atoms with Crippen LogP contribution < -0.4 is 4.74 Å². The minimum atomic E-state index is -0.396. The van der Waals surface area contributed by atoms with Crippen molar-refractivity contribution in [3.63, 3.8) is 0 Å². The summed E-state index contributed by atoms with van der Waals surface area (Å²) in [5, 5.41) is 0.667. The van der Waals surface area contributed by atoms with E-state index in [1.807, 2.05) is 18.2 Å². The third kappa shape index (κ3) is 2.65. The van der Waals surface area contributed by atoms with Gasteiger partial charge in [0.05, 0.1) is 19.4 Å². The van der Waals surface area contributed by atoms with Crippen LogP contribution in [-0.2, 0) is 11.8 Å². The number of methoxy groups -OCH3 is 1. The predicted octanol–water partition coefficient (Wildman–Crippen LogP) is 3.53. The molecule has 0 atom stereocenters. The van der Waals surface area contributed by atoms with Crippen LogP contribution in [0.3, 0.4) is 0 Å². The molecule has 0 spiro atoms. The monoisotopic (exact) mass is 293 g/mol. The lowest BCUT2D eigenvalue weighted by atomic mass is 10.1. The molecule has 1 aromatic carbocycles. The van der Waals surface area contributed by atoms with Crippen molar-refractivity contribution in [1.29, 1.82) is 0 Å². The van der Waals surface area contributed by atoms with Gasteiger partial charge in [0.15, 0.2) is 11.4 Å². The number of hydrogen-bond donors (Lipinski definition) is 0. The first kappa shape index (κ1) is 14.5. The number of benzene rings is 1. The van der Waals surface area contributed by atoms with Crippen LogP contribution >= 0.6 is 11.6 Å². The van der Waals surface area contributed by atoms with E-state index in [2.05, 4.69) is 0 Å². The Morgan fingerprint density at radius 1 is 1.30 bits per heavy atom. The Bertz CT molecular complexity index is 617. The Kier molecular flexibility index (Phi) is 4.35. The van der Waals surface area contributed by atoms with Crippen molar-refractivity contribution in [2.24, 2.45) is 7.05 Å². The van der Waals surface area contributed by atoms with Gasteiger partial charge in [-0.1, -0.05) is 23.7 Å². The fourth-order valence-electron chi connectivity index (χ4n) is 2.07. The van der Waals surface area contributed by atoms with E-state index in [1.54, 1.807) is 30.7 Å². The zero-order valence-electron chi connectivity index (χ0n) is 11.6. The number of hydrogen-bond acceptors (Lipinski definition) is 3. The lowest BCUT2D eigenvalue weighted by Gasteiger charge is -2.08. The van der Waals surface area contributed by atoms with Crippen LogP contribution in [-0.4, -0.2) is 24.3 Å². The van der Waals surface area contributed by atoms with Gasteiger partial charge in [-0.05, 0) is 24.6 Å². The topological polar surface area (TPSA) is 40.5 Å². The second-order valence-electron chi connectivity index (χ2n) is 4.23. The molecule has 1 aromatic heterocycles. The van der Waals surface area contributed by atoms with Crippen LogP contribution in [0, 0.1) is 0 Å². The van der Waals surface area contributed by atoms with E-state index in [1.165, 1.54) is 7.11 Å². The lowest BCUT2D eigenvalue weighted by Crippen LogP contribution is -2.11. The molecule has 0 N–H and O–H groups in total. The summed E-state index contributed by atoms with van der Waals surface area (Å²) in [6.45, 7) is 2.09. The van der Waals surface area contributed by atoms with Crippen molar-refractivity contribution in [3.05, 3.63) is 41.0 Å². The number of esters is 1. The highest BCUT2D eigenvalue weighted by molar-refractivity contribution is 6.30. The fraction of sp³-hybridized carbons (Fsp3) is 0.267. The van der Waals surface area contributed by atoms with E-state index >= 15 is 0 Å². The summed E-state index contributed by atoms with van der Waals surface area (Å²) in [5.41, 5.74) is 2.21. The first-order valence-corrected chi connectivity index (χ1v) is 6.63. The summed E-state index contributed by atoms with van der Waals surface area (Å²) >= 11 is 5.89. The number of rotatable bonds is 4. The van der Waals surface area contributed by atoms with E-state index in [4.69, 9.17) is 21.1 Å². The van der Waals surface area contributed by atoms with E-state index < -0.39 is 5.97 Å². The molecule has 2 aromatic rings. The van der Waals surface area contributed by atoms with Crippen molar-refractivity contribution in [2.75, 3.05) is 13.7 Å². The van der Waals surface area contributed by atoms with Gasteiger partial charge in [0, 0.05) is 18.1 Å². The minimum Gasteiger partial charge on any atom is -0.494 e. The molecule has 0 amide bonds. The molecule has 2 rings (SSSR count). The molecule has 0 radical (unpaired) electrons. The Morgan fingerprint density at radius 3 is 2.50 bits per heavy atom. The first-order valence-electron chi connectivity index (χ1n) is 6.25. The number of carbonyl (C=O) groups is 1. The van der Waals surface area contributed by atoms with Crippen LogP contribution in [0.2, 0.25) is 5.02 Å². The average Bonchev–Trinajstić information content (AvgIpc) is 2.77. The van der Waals surface area contributed by atoms with Crippen molar-refractivity contribution in [1.82, 2.24) is 4.57 Å². The largest absolute Gasteiger partial charge is 0.494 e. The second kappa shape index (κ2) is 6.01. The minimum absolute atomic E-state index is 0.323. The van der Waals surface area contributed by atoms with Crippen LogP contribution in [0.4, 0.5) is 0 Å². The van der Waals surface area contributed by atoms with Crippen LogP contribution in [0.15, 0.2) is 30.3 Å². The number of nitrogens with zero attached hydrogens (tertiary/aromatic N) is 1. The molecule has 106 valence electrons. The highest BCUT2D eigenvalue weighted by atomic mass is 35.5. The molecular weight excluding hydrogens is 278 g/mol. The van der Waals surface area contributed by atoms with Gasteiger partial charge in [-0.25, -0.2) is 4.79 Å². The van der Waals surface area contributed by atoms with Crippen molar-refractivity contribution >= 4 is 17.6 Å². The van der Waals surface area contributed by atoms with Gasteiger partial charge < -0.3 is 14.0 Å². The molecule has 1 heterocycles. The van der Waals surface area contributed by atoms with E-state index in [0.717, 1.165) is 11.3 Å². The van der Waals surface area contributed by atoms with E-state index in [9.17, 15) is 4.79 Å². The molecule has 20 heavy (non-hydrogen) atoms. The van der Waals surface area contributed by atoms with Gasteiger partial charge in [0.25, 0.3) is 0 Å². The van der Waals surface area contributed by atoms with Crippen LogP contribution in [0.1, 0.15) is 17.4 Å². The SMILES string of the molecule is CCOC(=O)c1c(OC)cc(-c2ccc(Cl)cc2)n1C. The zero-order chi connectivity index (χ0) is 14.7. The summed E-state index contributed by atoms with van der Waals surface area (Å²) in [6, 6.07) is 9.22. The molecule has 5 heteroatoms. The zero-order valence-corrected chi connectivity index (χ0v) is 12.4. The maximum Gasteiger partial charge on any atom is 0.358 e. The van der Waals surface area contributed by atoms with Gasteiger partial charge >= 0.3 is 5.97 Å². The highest BCUT2D eigenvalue weighted by Crippen LogP contribution is 2.31. The van der Waals surface area contributed by atoms with Gasteiger partial charge in [-0.3, -0.25) is 0 Å². The molecule has 0 unspecified atom stereocenters.